The van der Waals surface area contributed by atoms with Crippen LogP contribution < -0.4 is 0 Å². The van der Waals surface area contributed by atoms with E-state index in [2.05, 4.69) is 140 Å². The number of nitriles is 1. The first-order valence-corrected chi connectivity index (χ1v) is 19.7. The molecule has 1 heterocycles. The van der Waals surface area contributed by atoms with Crippen LogP contribution in [0.5, 0.6) is 0 Å². The van der Waals surface area contributed by atoms with Gasteiger partial charge in [-0.05, 0) is 98.8 Å². The Morgan fingerprint density at radius 3 is 1.68 bits per heavy atom. The van der Waals surface area contributed by atoms with Crippen LogP contribution in [0, 0.1) is 11.3 Å². The van der Waals surface area contributed by atoms with Crippen molar-refractivity contribution in [2.75, 3.05) is 0 Å². The molecular weight excluding hydrogens is 679 g/mol. The molecule has 1 spiro atoms. The minimum absolute atomic E-state index is 0.0480. The summed E-state index contributed by atoms with van der Waals surface area (Å²) in [7, 11) is 0. The Hall–Kier alpha value is -6.89. The predicted molar refractivity (Wildman–Crippen MR) is 229 cm³/mol. The smallest absolute Gasteiger partial charge is 0.160 e. The summed E-state index contributed by atoms with van der Waals surface area (Å²) in [6.07, 6.45) is 6.12. The van der Waals surface area contributed by atoms with Gasteiger partial charge in [0.05, 0.1) is 23.0 Å². The first-order chi connectivity index (χ1) is 27.7. The molecule has 1 fully saturated rings. The van der Waals surface area contributed by atoms with Crippen LogP contribution in [-0.2, 0) is 5.41 Å². The molecule has 3 heteroatoms. The number of rotatable bonds is 6. The van der Waals surface area contributed by atoms with Crippen LogP contribution in [0.15, 0.2) is 176 Å². The average molecular weight is 718 g/mol. The minimum Gasteiger partial charge on any atom is -0.228 e. The van der Waals surface area contributed by atoms with Crippen LogP contribution in [-0.4, -0.2) is 9.97 Å². The summed E-state index contributed by atoms with van der Waals surface area (Å²) in [4.78, 5) is 10.1. The van der Waals surface area contributed by atoms with E-state index in [0.29, 0.717) is 5.82 Å². The molecule has 0 atom stereocenters. The van der Waals surface area contributed by atoms with Gasteiger partial charge in [0.15, 0.2) is 5.82 Å². The Morgan fingerprint density at radius 1 is 0.411 bits per heavy atom. The lowest BCUT2D eigenvalue weighted by Gasteiger charge is -2.36. The second-order valence-corrected chi connectivity index (χ2v) is 15.2. The second kappa shape index (κ2) is 14.1. The largest absolute Gasteiger partial charge is 0.228 e. The van der Waals surface area contributed by atoms with Crippen molar-refractivity contribution in [2.24, 2.45) is 0 Å². The zero-order valence-corrected chi connectivity index (χ0v) is 31.1. The van der Waals surface area contributed by atoms with Gasteiger partial charge in [-0.3, -0.25) is 0 Å². The highest BCUT2D eigenvalue weighted by molar-refractivity contribution is 5.93. The fourth-order valence-electron chi connectivity index (χ4n) is 9.21. The van der Waals surface area contributed by atoms with Crippen molar-refractivity contribution in [3.63, 3.8) is 0 Å². The molecule has 2 aliphatic rings. The number of benzene rings is 7. The first kappa shape index (κ1) is 33.7. The van der Waals surface area contributed by atoms with E-state index in [1.54, 1.807) is 0 Å². The molecular formula is C53H39N3. The lowest BCUT2D eigenvalue weighted by molar-refractivity contribution is 0.353. The highest BCUT2D eigenvalue weighted by Crippen LogP contribution is 2.58. The molecule has 0 saturated heterocycles. The number of hydrogen-bond donors (Lipinski definition) is 0. The SMILES string of the molecule is N#Cc1ccc2c(c1)-c1c(-c3ccc(-c4cccc(-c5cccc(-c6cc(-c7ccccc7)nc(-c7ccccc7)n6)c5)c4)cc3)cccc1C21CCCCC1. The highest BCUT2D eigenvalue weighted by atomic mass is 14.9. The standard InChI is InChI=1S/C53H39N3/c54-35-36-23-28-47-46(31-36)51-45(21-12-22-48(51)53(47)29-8-3-9-30-53)38-26-24-37(25-27-38)41-17-10-18-42(32-41)43-19-11-20-44(33-43)50-34-49(39-13-4-1-5-14-39)55-52(56-50)40-15-6-2-7-16-40/h1-2,4-7,10-28,31-34H,3,8-9,29-30H2. The van der Waals surface area contributed by atoms with E-state index in [9.17, 15) is 5.26 Å². The van der Waals surface area contributed by atoms with Gasteiger partial charge in [0, 0.05) is 22.1 Å². The molecule has 3 nitrogen and oxygen atoms in total. The highest BCUT2D eigenvalue weighted by Gasteiger charge is 2.44. The molecule has 0 unspecified atom stereocenters. The molecule has 1 aromatic heterocycles. The fraction of sp³-hybridized carbons (Fsp3) is 0.113. The topological polar surface area (TPSA) is 49.6 Å². The van der Waals surface area contributed by atoms with Crippen LogP contribution in [0.2, 0.25) is 0 Å². The number of nitrogens with zero attached hydrogens (tertiary/aromatic N) is 3. The third-order valence-electron chi connectivity index (χ3n) is 11.9. The zero-order chi connectivity index (χ0) is 37.5. The normalized spacial score (nSPS) is 13.8. The molecule has 0 amide bonds. The minimum atomic E-state index is 0.0480. The molecule has 2 aliphatic carbocycles. The first-order valence-electron chi connectivity index (χ1n) is 19.7. The quantitative estimate of drug-likeness (QED) is 0.172. The summed E-state index contributed by atoms with van der Waals surface area (Å²) < 4.78 is 0. The lowest BCUT2D eigenvalue weighted by atomic mass is 9.67. The van der Waals surface area contributed by atoms with Gasteiger partial charge in [0.25, 0.3) is 0 Å². The summed E-state index contributed by atoms with van der Waals surface area (Å²) in [5.41, 5.74) is 18.1. The van der Waals surface area contributed by atoms with Crippen LogP contribution >= 0.6 is 0 Å². The van der Waals surface area contributed by atoms with Gasteiger partial charge in [-0.1, -0.05) is 165 Å². The maximum Gasteiger partial charge on any atom is 0.160 e. The second-order valence-electron chi connectivity index (χ2n) is 15.2. The average Bonchev–Trinajstić information content (AvgIpc) is 3.55. The van der Waals surface area contributed by atoms with Crippen molar-refractivity contribution < 1.29 is 0 Å². The molecule has 0 bridgehead atoms. The summed E-state index contributed by atoms with van der Waals surface area (Å²) in [6, 6.07) is 64.7. The van der Waals surface area contributed by atoms with Crippen LogP contribution in [0.4, 0.5) is 0 Å². The van der Waals surface area contributed by atoms with Gasteiger partial charge in [0.2, 0.25) is 0 Å². The van der Waals surface area contributed by atoms with Crippen molar-refractivity contribution >= 4 is 0 Å². The van der Waals surface area contributed by atoms with E-state index in [-0.39, 0.29) is 5.41 Å². The molecule has 0 N–H and O–H groups in total. The van der Waals surface area contributed by atoms with Crippen LogP contribution in [0.1, 0.15) is 48.8 Å². The third-order valence-corrected chi connectivity index (χ3v) is 11.9. The predicted octanol–water partition coefficient (Wildman–Crippen LogP) is 13.6. The summed E-state index contributed by atoms with van der Waals surface area (Å²) >= 11 is 0. The van der Waals surface area contributed by atoms with Gasteiger partial charge in [-0.2, -0.15) is 5.26 Å². The summed E-state index contributed by atoms with van der Waals surface area (Å²) in [5, 5.41) is 9.85. The van der Waals surface area contributed by atoms with Crippen molar-refractivity contribution in [1.29, 1.82) is 5.26 Å². The molecule has 56 heavy (non-hydrogen) atoms. The monoisotopic (exact) mass is 717 g/mol. The maximum absolute atomic E-state index is 9.85. The van der Waals surface area contributed by atoms with E-state index >= 15 is 0 Å². The molecule has 1 saturated carbocycles. The Morgan fingerprint density at radius 2 is 0.982 bits per heavy atom. The van der Waals surface area contributed by atoms with E-state index < -0.39 is 0 Å². The Balaban J connectivity index is 0.988. The molecule has 0 aliphatic heterocycles. The van der Waals surface area contributed by atoms with E-state index in [0.717, 1.165) is 44.8 Å². The van der Waals surface area contributed by atoms with Crippen molar-refractivity contribution in [1.82, 2.24) is 9.97 Å². The van der Waals surface area contributed by atoms with Crippen molar-refractivity contribution in [2.45, 2.75) is 37.5 Å². The van der Waals surface area contributed by atoms with Crippen LogP contribution in [0.25, 0.3) is 78.4 Å². The number of fused-ring (bicyclic) bond motifs is 5. The Labute approximate surface area is 328 Å². The van der Waals surface area contributed by atoms with E-state index in [4.69, 9.17) is 9.97 Å². The van der Waals surface area contributed by atoms with Crippen LogP contribution in [0.3, 0.4) is 0 Å². The summed E-state index contributed by atoms with van der Waals surface area (Å²) in [5.74, 6) is 0.711. The number of aromatic nitrogens is 2. The van der Waals surface area contributed by atoms with Gasteiger partial charge < -0.3 is 0 Å². The van der Waals surface area contributed by atoms with Crippen molar-refractivity contribution in [3.05, 3.63) is 193 Å². The Kier molecular flexibility index (Phi) is 8.46. The Bertz CT molecular complexity index is 2710. The van der Waals surface area contributed by atoms with Gasteiger partial charge in [-0.15, -0.1) is 0 Å². The molecule has 0 radical (unpaired) electrons. The van der Waals surface area contributed by atoms with E-state index in [1.165, 1.54) is 76.6 Å². The van der Waals surface area contributed by atoms with Gasteiger partial charge in [-0.25, -0.2) is 9.97 Å². The summed E-state index contributed by atoms with van der Waals surface area (Å²) in [6.45, 7) is 0. The fourth-order valence-corrected chi connectivity index (χ4v) is 9.21. The zero-order valence-electron chi connectivity index (χ0n) is 31.1. The van der Waals surface area contributed by atoms with Gasteiger partial charge >= 0.3 is 0 Å². The molecule has 266 valence electrons. The lowest BCUT2D eigenvalue weighted by Crippen LogP contribution is -2.28. The molecule has 7 aromatic carbocycles. The molecule has 10 rings (SSSR count). The number of hydrogen-bond acceptors (Lipinski definition) is 3. The molecule has 8 aromatic rings. The van der Waals surface area contributed by atoms with Gasteiger partial charge in [0.1, 0.15) is 0 Å². The van der Waals surface area contributed by atoms with Crippen molar-refractivity contribution in [3.8, 4) is 84.5 Å². The maximum atomic E-state index is 9.85. The third kappa shape index (κ3) is 5.92. The van der Waals surface area contributed by atoms with E-state index in [1.807, 2.05) is 42.5 Å².